The first-order valence-corrected chi connectivity index (χ1v) is 9.13. The summed E-state index contributed by atoms with van der Waals surface area (Å²) in [6.07, 6.45) is 2.96. The molecule has 0 fully saturated rings. The third-order valence-electron chi connectivity index (χ3n) is 5.22. The van der Waals surface area contributed by atoms with Crippen molar-refractivity contribution in [1.29, 1.82) is 0 Å². The molecule has 0 saturated carbocycles. The molecule has 0 amide bonds. The smallest absolute Gasteiger partial charge is 0.187 e. The first-order chi connectivity index (χ1) is 13.5. The number of hydrogen-bond donors (Lipinski definition) is 2. The Labute approximate surface area is 163 Å². The average Bonchev–Trinajstić information content (AvgIpc) is 3.42. The van der Waals surface area contributed by atoms with Gasteiger partial charge in [0.15, 0.2) is 11.2 Å². The second kappa shape index (κ2) is 6.82. The lowest BCUT2D eigenvalue weighted by molar-refractivity contribution is -0.133. The number of hydrogen-bond acceptors (Lipinski definition) is 4. The minimum atomic E-state index is -1.92. The molecule has 2 atom stereocenters. The van der Waals surface area contributed by atoms with Crippen LogP contribution < -0.4 is 0 Å². The van der Waals surface area contributed by atoms with Gasteiger partial charge in [0, 0.05) is 0 Å². The van der Waals surface area contributed by atoms with Gasteiger partial charge in [-0.05, 0) is 49.2 Å². The number of aryl methyl sites for hydroxylation is 2. The summed E-state index contributed by atoms with van der Waals surface area (Å²) in [5.41, 5.74) is -0.765. The van der Waals surface area contributed by atoms with Gasteiger partial charge in [0.1, 0.15) is 11.5 Å². The number of aliphatic hydroxyl groups is 2. The van der Waals surface area contributed by atoms with Crippen molar-refractivity contribution in [1.82, 2.24) is 0 Å². The molecule has 4 nitrogen and oxygen atoms in total. The van der Waals surface area contributed by atoms with E-state index in [1.807, 2.05) is 38.1 Å². The van der Waals surface area contributed by atoms with Crippen LogP contribution in [0.25, 0.3) is 0 Å². The van der Waals surface area contributed by atoms with Gasteiger partial charge in [0.2, 0.25) is 0 Å². The molecule has 0 spiro atoms. The summed E-state index contributed by atoms with van der Waals surface area (Å²) in [7, 11) is 0. The fourth-order valence-corrected chi connectivity index (χ4v) is 3.62. The van der Waals surface area contributed by atoms with E-state index in [2.05, 4.69) is 0 Å². The lowest BCUT2D eigenvalue weighted by atomic mass is 9.70. The number of furan rings is 2. The van der Waals surface area contributed by atoms with E-state index < -0.39 is 11.2 Å². The lowest BCUT2D eigenvalue weighted by Crippen LogP contribution is -2.50. The molecule has 0 bridgehead atoms. The first-order valence-electron chi connectivity index (χ1n) is 9.13. The Bertz CT molecular complexity index is 943. The van der Waals surface area contributed by atoms with Crippen LogP contribution in [0.3, 0.4) is 0 Å². The molecule has 0 radical (unpaired) electrons. The molecule has 4 aromatic rings. The summed E-state index contributed by atoms with van der Waals surface area (Å²) < 4.78 is 11.2. The minimum absolute atomic E-state index is 0.218. The molecule has 2 aromatic carbocycles. The number of rotatable bonds is 5. The Morgan fingerprint density at radius 1 is 0.571 bits per heavy atom. The predicted molar refractivity (Wildman–Crippen MR) is 106 cm³/mol. The monoisotopic (exact) mass is 374 g/mol. The fraction of sp³-hybridized carbons (Fsp3) is 0.167. The molecule has 142 valence electrons. The molecule has 2 heterocycles. The Balaban J connectivity index is 2.05. The van der Waals surface area contributed by atoms with Crippen LogP contribution in [0.2, 0.25) is 0 Å². The zero-order valence-electron chi connectivity index (χ0n) is 15.8. The van der Waals surface area contributed by atoms with E-state index in [4.69, 9.17) is 8.83 Å². The van der Waals surface area contributed by atoms with Crippen LogP contribution in [0.4, 0.5) is 0 Å². The Hall–Kier alpha value is -3.08. The zero-order chi connectivity index (χ0) is 19.8. The maximum absolute atomic E-state index is 12.1. The van der Waals surface area contributed by atoms with E-state index >= 15 is 0 Å². The van der Waals surface area contributed by atoms with E-state index in [1.165, 1.54) is 12.5 Å². The van der Waals surface area contributed by atoms with Crippen molar-refractivity contribution in [3.8, 4) is 0 Å². The van der Waals surface area contributed by atoms with Crippen LogP contribution in [0.15, 0.2) is 94.2 Å². The Morgan fingerprint density at radius 2 is 0.929 bits per heavy atom. The number of benzene rings is 2. The molecule has 2 N–H and O–H groups in total. The van der Waals surface area contributed by atoms with Gasteiger partial charge in [-0.15, -0.1) is 0 Å². The van der Waals surface area contributed by atoms with Crippen LogP contribution in [0.5, 0.6) is 0 Å². The highest BCUT2D eigenvalue weighted by molar-refractivity contribution is 5.46. The van der Waals surface area contributed by atoms with E-state index in [0.29, 0.717) is 11.1 Å². The van der Waals surface area contributed by atoms with Crippen LogP contribution in [-0.2, 0) is 11.2 Å². The van der Waals surface area contributed by atoms with Crippen LogP contribution in [0, 0.1) is 13.8 Å². The highest BCUT2D eigenvalue weighted by Gasteiger charge is 2.58. The third-order valence-corrected chi connectivity index (χ3v) is 5.22. The van der Waals surface area contributed by atoms with Gasteiger partial charge in [0.25, 0.3) is 0 Å². The maximum atomic E-state index is 12.1. The van der Waals surface area contributed by atoms with Crippen molar-refractivity contribution in [2.75, 3.05) is 0 Å². The first kappa shape index (κ1) is 18.3. The van der Waals surface area contributed by atoms with Crippen molar-refractivity contribution in [3.05, 3.63) is 119 Å². The average molecular weight is 374 g/mol. The molecule has 28 heavy (non-hydrogen) atoms. The topological polar surface area (TPSA) is 66.7 Å². The highest BCUT2D eigenvalue weighted by atomic mass is 16.4. The molecule has 0 aliphatic heterocycles. The summed E-state index contributed by atoms with van der Waals surface area (Å²) in [6, 6.07) is 21.4. The fourth-order valence-electron chi connectivity index (χ4n) is 3.62. The van der Waals surface area contributed by atoms with Crippen LogP contribution in [-0.4, -0.2) is 10.2 Å². The van der Waals surface area contributed by atoms with Crippen molar-refractivity contribution in [2.45, 2.75) is 25.0 Å². The quantitative estimate of drug-likeness (QED) is 0.533. The summed E-state index contributed by atoms with van der Waals surface area (Å²) in [6.45, 7) is 3.93. The maximum Gasteiger partial charge on any atom is 0.187 e. The van der Waals surface area contributed by atoms with Crippen LogP contribution in [0.1, 0.15) is 33.8 Å². The summed E-state index contributed by atoms with van der Waals surface area (Å²) in [5, 5.41) is 24.3. The van der Waals surface area contributed by atoms with Crippen molar-refractivity contribution < 1.29 is 19.0 Å². The highest BCUT2D eigenvalue weighted by Crippen LogP contribution is 2.49. The second-order valence-corrected chi connectivity index (χ2v) is 7.11. The largest absolute Gasteiger partial charge is 0.466 e. The van der Waals surface area contributed by atoms with Gasteiger partial charge in [-0.3, -0.25) is 0 Å². The normalized spacial score (nSPS) is 15.7. The van der Waals surface area contributed by atoms with Gasteiger partial charge in [-0.25, -0.2) is 0 Å². The molecule has 2 unspecified atom stereocenters. The van der Waals surface area contributed by atoms with Gasteiger partial charge in [-0.2, -0.15) is 0 Å². The Kier molecular flexibility index (Phi) is 4.46. The van der Waals surface area contributed by atoms with E-state index in [1.54, 1.807) is 48.5 Å². The second-order valence-electron chi connectivity index (χ2n) is 7.11. The van der Waals surface area contributed by atoms with Crippen LogP contribution >= 0.6 is 0 Å². The SMILES string of the molecule is Cc1ccc(C(O)(c2ccco2)C(O)(c2ccc(C)cc2)c2ccco2)cc1. The molecular weight excluding hydrogens is 352 g/mol. The molecule has 0 aliphatic rings. The van der Waals surface area contributed by atoms with Gasteiger partial charge in [0.05, 0.1) is 12.5 Å². The standard InChI is InChI=1S/C24H22O4/c1-17-7-11-19(12-8-17)23(25,21-5-3-15-27-21)24(26,22-6-4-16-28-22)20-13-9-18(2)10-14-20/h3-16,25-26H,1-2H3. The summed E-state index contributed by atoms with van der Waals surface area (Å²) >= 11 is 0. The van der Waals surface area contributed by atoms with Crippen molar-refractivity contribution in [3.63, 3.8) is 0 Å². The van der Waals surface area contributed by atoms with E-state index in [9.17, 15) is 10.2 Å². The molecule has 4 rings (SSSR count). The van der Waals surface area contributed by atoms with Gasteiger partial charge >= 0.3 is 0 Å². The minimum Gasteiger partial charge on any atom is -0.466 e. The van der Waals surface area contributed by atoms with Crippen molar-refractivity contribution in [2.24, 2.45) is 0 Å². The summed E-state index contributed by atoms with van der Waals surface area (Å²) in [4.78, 5) is 0. The van der Waals surface area contributed by atoms with Gasteiger partial charge in [-0.1, -0.05) is 59.7 Å². The summed E-state index contributed by atoms with van der Waals surface area (Å²) in [5.74, 6) is 0.437. The van der Waals surface area contributed by atoms with Gasteiger partial charge < -0.3 is 19.0 Å². The van der Waals surface area contributed by atoms with E-state index in [0.717, 1.165) is 11.1 Å². The van der Waals surface area contributed by atoms with E-state index in [-0.39, 0.29) is 11.5 Å². The molecule has 4 heteroatoms. The molecule has 0 saturated heterocycles. The predicted octanol–water partition coefficient (Wildman–Crippen LogP) is 4.66. The van der Waals surface area contributed by atoms with Crippen molar-refractivity contribution >= 4 is 0 Å². The molecular formula is C24H22O4. The third kappa shape index (κ3) is 2.70. The zero-order valence-corrected chi connectivity index (χ0v) is 15.8. The molecule has 0 aliphatic carbocycles. The Morgan fingerprint density at radius 3 is 1.21 bits per heavy atom. The lowest BCUT2D eigenvalue weighted by Gasteiger charge is -2.41. The molecule has 2 aromatic heterocycles.